The van der Waals surface area contributed by atoms with Gasteiger partial charge in [-0.1, -0.05) is 47.9 Å². The Morgan fingerprint density at radius 1 is 1.07 bits per heavy atom. The predicted molar refractivity (Wildman–Crippen MR) is 104 cm³/mol. The van der Waals surface area contributed by atoms with Gasteiger partial charge in [-0.15, -0.1) is 0 Å². The van der Waals surface area contributed by atoms with Crippen LogP contribution < -0.4 is 5.48 Å². The molecule has 0 radical (unpaired) electrons. The third-order valence-corrected chi connectivity index (χ3v) is 5.03. The van der Waals surface area contributed by atoms with Gasteiger partial charge < -0.3 is 4.90 Å². The number of benzene rings is 2. The molecule has 0 aromatic heterocycles. The number of fused-ring (bicyclic) bond motifs is 1. The summed E-state index contributed by atoms with van der Waals surface area (Å²) in [7, 11) is 0. The first-order valence-corrected chi connectivity index (χ1v) is 9.42. The predicted octanol–water partition coefficient (Wildman–Crippen LogP) is 3.99. The monoisotopic (exact) mass is 366 g/mol. The van der Waals surface area contributed by atoms with Crippen LogP contribution in [0.15, 0.2) is 36.4 Å². The van der Waals surface area contributed by atoms with Gasteiger partial charge in [-0.3, -0.25) is 14.8 Å². The number of carbonyl (C=O) groups is 2. The number of hydrogen-bond donors (Lipinski definition) is 2. The van der Waals surface area contributed by atoms with Gasteiger partial charge in [0, 0.05) is 25.1 Å². The van der Waals surface area contributed by atoms with Gasteiger partial charge in [-0.05, 0) is 49.4 Å². The molecule has 0 bridgehead atoms. The molecule has 0 saturated heterocycles. The highest BCUT2D eigenvalue weighted by atomic mass is 16.5. The highest BCUT2D eigenvalue weighted by Gasteiger charge is 2.29. The normalized spacial score (nSPS) is 13.0. The highest BCUT2D eigenvalue weighted by molar-refractivity contribution is 6.00. The minimum Gasteiger partial charge on any atom is -0.334 e. The van der Waals surface area contributed by atoms with Crippen molar-refractivity contribution in [1.82, 2.24) is 10.4 Å². The number of unbranched alkanes of at least 4 members (excludes halogenated alkanes) is 2. The molecule has 142 valence electrons. The van der Waals surface area contributed by atoms with E-state index in [1.807, 2.05) is 17.0 Å². The van der Waals surface area contributed by atoms with Crippen LogP contribution in [0.5, 0.6) is 0 Å². The van der Waals surface area contributed by atoms with Crippen molar-refractivity contribution in [1.29, 1.82) is 0 Å². The van der Waals surface area contributed by atoms with Gasteiger partial charge in [0.2, 0.25) is 5.91 Å². The Morgan fingerprint density at radius 3 is 2.48 bits per heavy atom. The molecule has 2 aromatic carbocycles. The van der Waals surface area contributed by atoms with Gasteiger partial charge in [-0.25, -0.2) is 5.48 Å². The lowest BCUT2D eigenvalue weighted by atomic mass is 9.94. The second kappa shape index (κ2) is 8.35. The van der Waals surface area contributed by atoms with Crippen molar-refractivity contribution in [3.63, 3.8) is 0 Å². The largest absolute Gasteiger partial charge is 0.334 e. The molecule has 1 aliphatic rings. The lowest BCUT2D eigenvalue weighted by molar-refractivity contribution is -0.129. The number of hydrogen-bond acceptors (Lipinski definition) is 3. The molecule has 0 unspecified atom stereocenters. The van der Waals surface area contributed by atoms with Crippen molar-refractivity contribution >= 4 is 11.8 Å². The molecule has 0 fully saturated rings. The quantitative estimate of drug-likeness (QED) is 0.442. The summed E-state index contributed by atoms with van der Waals surface area (Å²) >= 11 is 0. The Labute approximate surface area is 160 Å². The smallest absolute Gasteiger partial charge is 0.254 e. The summed E-state index contributed by atoms with van der Waals surface area (Å²) in [5.41, 5.74) is 8.28. The summed E-state index contributed by atoms with van der Waals surface area (Å²) in [6, 6.07) is 12.5. The summed E-state index contributed by atoms with van der Waals surface area (Å²) in [4.78, 5) is 25.7. The van der Waals surface area contributed by atoms with Gasteiger partial charge in [0.1, 0.15) is 0 Å². The third-order valence-electron chi connectivity index (χ3n) is 5.03. The molecule has 2 amide bonds. The van der Waals surface area contributed by atoms with Crippen LogP contribution in [-0.2, 0) is 11.3 Å². The average Bonchev–Trinajstić information content (AvgIpc) is 2.96. The van der Waals surface area contributed by atoms with Gasteiger partial charge in [0.25, 0.3) is 5.91 Å². The molecular weight excluding hydrogens is 340 g/mol. The van der Waals surface area contributed by atoms with Crippen LogP contribution in [0.3, 0.4) is 0 Å². The van der Waals surface area contributed by atoms with Crippen molar-refractivity contribution in [2.24, 2.45) is 0 Å². The molecule has 1 aliphatic heterocycles. The molecule has 27 heavy (non-hydrogen) atoms. The number of aryl methyl sites for hydroxylation is 2. The number of rotatable bonds is 7. The van der Waals surface area contributed by atoms with E-state index in [9.17, 15) is 9.59 Å². The zero-order valence-corrected chi connectivity index (χ0v) is 15.9. The van der Waals surface area contributed by atoms with Crippen LogP contribution in [0.4, 0.5) is 0 Å². The van der Waals surface area contributed by atoms with E-state index < -0.39 is 0 Å². The maximum absolute atomic E-state index is 12.8. The molecule has 0 aliphatic carbocycles. The number of carbonyl (C=O) groups excluding carboxylic acids is 2. The topological polar surface area (TPSA) is 69.6 Å². The SMILES string of the molecule is Cc1cc(C)cc(-c2cccc3c2CN(CCCCCC(=O)NO)C3=O)c1. The van der Waals surface area contributed by atoms with Gasteiger partial charge in [0.15, 0.2) is 0 Å². The third kappa shape index (κ3) is 4.37. The van der Waals surface area contributed by atoms with Gasteiger partial charge in [0.05, 0.1) is 0 Å². The number of amides is 2. The van der Waals surface area contributed by atoms with E-state index in [1.165, 1.54) is 11.1 Å². The van der Waals surface area contributed by atoms with Crippen LogP contribution in [-0.4, -0.2) is 28.5 Å². The highest BCUT2D eigenvalue weighted by Crippen LogP contribution is 2.33. The van der Waals surface area contributed by atoms with Crippen molar-refractivity contribution < 1.29 is 14.8 Å². The lowest BCUT2D eigenvalue weighted by Gasteiger charge is -2.15. The van der Waals surface area contributed by atoms with E-state index >= 15 is 0 Å². The first kappa shape index (κ1) is 19.1. The minimum atomic E-state index is -0.363. The Morgan fingerprint density at radius 2 is 1.78 bits per heavy atom. The number of hydroxylamine groups is 1. The summed E-state index contributed by atoms with van der Waals surface area (Å²) in [5.74, 6) is -0.276. The molecule has 0 spiro atoms. The summed E-state index contributed by atoms with van der Waals surface area (Å²) < 4.78 is 0. The Kier molecular flexibility index (Phi) is 5.91. The molecule has 5 heteroatoms. The van der Waals surface area contributed by atoms with Crippen molar-refractivity contribution in [3.05, 3.63) is 58.7 Å². The molecule has 5 nitrogen and oxygen atoms in total. The number of nitrogens with zero attached hydrogens (tertiary/aromatic N) is 1. The molecule has 0 atom stereocenters. The van der Waals surface area contributed by atoms with Crippen molar-refractivity contribution in [3.8, 4) is 11.1 Å². The maximum atomic E-state index is 12.8. The number of nitrogens with one attached hydrogen (secondary N) is 1. The van der Waals surface area contributed by atoms with Crippen molar-refractivity contribution in [2.75, 3.05) is 6.54 Å². The van der Waals surface area contributed by atoms with E-state index in [4.69, 9.17) is 5.21 Å². The first-order valence-electron chi connectivity index (χ1n) is 9.42. The van der Waals surface area contributed by atoms with Crippen LogP contribution in [0.1, 0.15) is 52.7 Å². The lowest BCUT2D eigenvalue weighted by Crippen LogP contribution is -2.25. The van der Waals surface area contributed by atoms with Crippen LogP contribution in [0, 0.1) is 13.8 Å². The van der Waals surface area contributed by atoms with E-state index in [-0.39, 0.29) is 11.8 Å². The van der Waals surface area contributed by atoms with Crippen LogP contribution >= 0.6 is 0 Å². The first-order chi connectivity index (χ1) is 13.0. The Bertz CT molecular complexity index is 840. The van der Waals surface area contributed by atoms with E-state index in [2.05, 4.69) is 38.1 Å². The zero-order valence-electron chi connectivity index (χ0n) is 15.9. The van der Waals surface area contributed by atoms with E-state index in [1.54, 1.807) is 5.48 Å². The van der Waals surface area contributed by atoms with Crippen LogP contribution in [0.25, 0.3) is 11.1 Å². The molecule has 2 N–H and O–H groups in total. The molecule has 0 saturated carbocycles. The summed E-state index contributed by atoms with van der Waals surface area (Å²) in [6.45, 7) is 5.50. The van der Waals surface area contributed by atoms with E-state index in [0.717, 1.165) is 35.1 Å². The molecular formula is C22H26N2O3. The molecule has 1 heterocycles. The zero-order chi connectivity index (χ0) is 19.4. The minimum absolute atomic E-state index is 0.0873. The standard InChI is InChI=1S/C22H26N2O3/c1-15-11-16(2)13-17(12-15)18-7-6-8-19-20(18)14-24(22(19)26)10-5-3-4-9-21(25)23-27/h6-8,11-13,27H,3-5,9-10,14H2,1-2H3,(H,23,25). The molecule has 3 rings (SSSR count). The second-order valence-electron chi connectivity index (χ2n) is 7.28. The Balaban J connectivity index is 1.69. The van der Waals surface area contributed by atoms with Gasteiger partial charge in [-0.2, -0.15) is 0 Å². The fraction of sp³-hybridized carbons (Fsp3) is 0.364. The summed E-state index contributed by atoms with van der Waals surface area (Å²) in [5, 5.41) is 8.50. The van der Waals surface area contributed by atoms with Crippen LogP contribution in [0.2, 0.25) is 0 Å². The maximum Gasteiger partial charge on any atom is 0.254 e. The summed E-state index contributed by atoms with van der Waals surface area (Å²) in [6.07, 6.45) is 2.70. The fourth-order valence-electron chi connectivity index (χ4n) is 3.79. The van der Waals surface area contributed by atoms with Crippen molar-refractivity contribution in [2.45, 2.75) is 46.1 Å². The second-order valence-corrected chi connectivity index (χ2v) is 7.28. The average molecular weight is 366 g/mol. The van der Waals surface area contributed by atoms with Gasteiger partial charge >= 0.3 is 0 Å². The fourth-order valence-corrected chi connectivity index (χ4v) is 3.79. The Hall–Kier alpha value is -2.66. The molecule has 2 aromatic rings. The van der Waals surface area contributed by atoms with E-state index in [0.29, 0.717) is 25.9 Å².